The van der Waals surface area contributed by atoms with E-state index >= 15 is 0 Å². The van der Waals surface area contributed by atoms with Gasteiger partial charge in [-0.05, 0) is 62.4 Å². The van der Waals surface area contributed by atoms with Gasteiger partial charge in [0.1, 0.15) is 0 Å². The van der Waals surface area contributed by atoms with Gasteiger partial charge in [0, 0.05) is 36.9 Å². The van der Waals surface area contributed by atoms with Gasteiger partial charge >= 0.3 is 0 Å². The number of thiophene rings is 1. The molecule has 0 fully saturated rings. The highest BCUT2D eigenvalue weighted by Gasteiger charge is 2.24. The van der Waals surface area contributed by atoms with E-state index in [9.17, 15) is 0 Å². The van der Waals surface area contributed by atoms with Crippen LogP contribution in [0.4, 0.5) is 0 Å². The maximum absolute atomic E-state index is 5.09. The van der Waals surface area contributed by atoms with E-state index in [1.807, 2.05) is 47.7 Å². The van der Waals surface area contributed by atoms with Gasteiger partial charge in [0.2, 0.25) is 0 Å². The van der Waals surface area contributed by atoms with Crippen LogP contribution >= 0.6 is 11.3 Å². The summed E-state index contributed by atoms with van der Waals surface area (Å²) in [6.07, 6.45) is 0. The SMILES string of the molecule is c1ccc(-c2nc(-c3ccccc3)nc(-c3ccccc3-c3cccc4sc5cc6c(cc5c34)-c3cccc4cccc-6c34)n2)cc1. The minimum Gasteiger partial charge on any atom is -0.208 e. The van der Waals surface area contributed by atoms with Gasteiger partial charge in [-0.15, -0.1) is 11.3 Å². The third-order valence-electron chi connectivity index (χ3n) is 9.28. The highest BCUT2D eigenvalue weighted by Crippen LogP contribution is 2.51. The summed E-state index contributed by atoms with van der Waals surface area (Å²) >= 11 is 1.86. The van der Waals surface area contributed by atoms with Crippen LogP contribution in [0.1, 0.15) is 0 Å². The monoisotopic (exact) mass is 615 g/mol. The number of rotatable bonds is 4. The van der Waals surface area contributed by atoms with Gasteiger partial charge < -0.3 is 0 Å². The average molecular weight is 616 g/mol. The summed E-state index contributed by atoms with van der Waals surface area (Å²) < 4.78 is 2.57. The van der Waals surface area contributed by atoms with Crippen molar-refractivity contribution in [3.8, 4) is 67.5 Å². The molecule has 47 heavy (non-hydrogen) atoms. The second-order valence-electron chi connectivity index (χ2n) is 12.0. The fourth-order valence-corrected chi connectivity index (χ4v) is 8.33. The first kappa shape index (κ1) is 26.3. The molecule has 0 unspecified atom stereocenters. The zero-order valence-electron chi connectivity index (χ0n) is 25.2. The molecule has 218 valence electrons. The lowest BCUT2D eigenvalue weighted by Gasteiger charge is -2.13. The molecule has 1 aliphatic rings. The number of hydrogen-bond donors (Lipinski definition) is 0. The second kappa shape index (κ2) is 10.3. The highest BCUT2D eigenvalue weighted by molar-refractivity contribution is 7.26. The zero-order valence-corrected chi connectivity index (χ0v) is 26.0. The Morgan fingerprint density at radius 2 is 0.851 bits per heavy atom. The fraction of sp³-hybridized carbons (Fsp3) is 0. The van der Waals surface area contributed by atoms with Crippen molar-refractivity contribution in [3.05, 3.63) is 152 Å². The summed E-state index contributed by atoms with van der Waals surface area (Å²) in [6, 6.07) is 53.6. The van der Waals surface area contributed by atoms with Crippen molar-refractivity contribution in [1.82, 2.24) is 15.0 Å². The maximum Gasteiger partial charge on any atom is 0.164 e. The quantitative estimate of drug-likeness (QED) is 0.198. The molecule has 0 amide bonds. The Morgan fingerprint density at radius 1 is 0.340 bits per heavy atom. The first-order valence-electron chi connectivity index (χ1n) is 15.8. The molecular formula is C43H25N3S. The summed E-state index contributed by atoms with van der Waals surface area (Å²) in [4.78, 5) is 15.1. The Hall–Kier alpha value is -5.97. The van der Waals surface area contributed by atoms with Crippen molar-refractivity contribution in [2.24, 2.45) is 0 Å². The molecule has 0 bridgehead atoms. The molecule has 10 rings (SSSR count). The molecule has 3 nitrogen and oxygen atoms in total. The van der Waals surface area contributed by atoms with Crippen molar-refractivity contribution in [2.75, 3.05) is 0 Å². The highest BCUT2D eigenvalue weighted by atomic mass is 32.1. The lowest BCUT2D eigenvalue weighted by atomic mass is 9.93. The number of hydrogen-bond acceptors (Lipinski definition) is 4. The molecule has 0 spiro atoms. The first-order chi connectivity index (χ1) is 23.3. The van der Waals surface area contributed by atoms with Crippen molar-refractivity contribution >= 4 is 42.3 Å². The minimum atomic E-state index is 0.660. The van der Waals surface area contributed by atoms with Gasteiger partial charge in [0.25, 0.3) is 0 Å². The van der Waals surface area contributed by atoms with Crippen LogP contribution in [0.3, 0.4) is 0 Å². The molecule has 4 heteroatoms. The van der Waals surface area contributed by atoms with Gasteiger partial charge in [-0.3, -0.25) is 0 Å². The maximum atomic E-state index is 5.09. The van der Waals surface area contributed by atoms with Crippen LogP contribution in [-0.2, 0) is 0 Å². The number of aromatic nitrogens is 3. The van der Waals surface area contributed by atoms with E-state index in [0.717, 1.165) is 22.3 Å². The largest absolute Gasteiger partial charge is 0.208 e. The van der Waals surface area contributed by atoms with Crippen LogP contribution in [0.15, 0.2) is 152 Å². The van der Waals surface area contributed by atoms with Gasteiger partial charge in [-0.1, -0.05) is 133 Å². The topological polar surface area (TPSA) is 38.7 Å². The predicted molar refractivity (Wildman–Crippen MR) is 196 cm³/mol. The van der Waals surface area contributed by atoms with Crippen LogP contribution < -0.4 is 0 Å². The third kappa shape index (κ3) is 4.09. The zero-order chi connectivity index (χ0) is 30.9. The minimum absolute atomic E-state index is 0.660. The van der Waals surface area contributed by atoms with Crippen molar-refractivity contribution in [1.29, 1.82) is 0 Å². The molecule has 1 aliphatic carbocycles. The van der Waals surface area contributed by atoms with Gasteiger partial charge in [0.15, 0.2) is 17.5 Å². The molecule has 0 radical (unpaired) electrons. The van der Waals surface area contributed by atoms with Gasteiger partial charge in [-0.25, -0.2) is 15.0 Å². The Morgan fingerprint density at radius 3 is 1.51 bits per heavy atom. The smallest absolute Gasteiger partial charge is 0.164 e. The summed E-state index contributed by atoms with van der Waals surface area (Å²) in [7, 11) is 0. The van der Waals surface area contributed by atoms with Gasteiger partial charge in [-0.2, -0.15) is 0 Å². The van der Waals surface area contributed by atoms with E-state index in [4.69, 9.17) is 15.0 Å². The molecule has 0 aliphatic heterocycles. The Kier molecular flexibility index (Phi) is 5.74. The van der Waals surface area contributed by atoms with E-state index in [0.29, 0.717) is 17.5 Å². The average Bonchev–Trinajstić information content (AvgIpc) is 3.67. The molecule has 0 saturated heterocycles. The molecule has 0 atom stereocenters. The summed E-state index contributed by atoms with van der Waals surface area (Å²) in [5, 5.41) is 5.20. The Labute approximate surface area is 275 Å². The standard InChI is InChI=1S/C43H25N3S/c1-3-12-27(13-4-1)41-44-42(28-14-5-2-6-15-28)46-43(45-41)33-19-8-7-18-29(33)30-22-11-23-37-40(30)36-24-34-31-20-9-16-26-17-10-21-32(39(26)31)35(34)25-38(36)47-37/h1-25H. The Bertz CT molecular complexity index is 2610. The van der Waals surface area contributed by atoms with Crippen LogP contribution in [0.5, 0.6) is 0 Å². The Balaban J connectivity index is 1.21. The lowest BCUT2D eigenvalue weighted by molar-refractivity contribution is 1.07. The summed E-state index contributed by atoms with van der Waals surface area (Å²) in [5.41, 5.74) is 10.5. The number of fused-ring (bicyclic) bond motifs is 6. The molecule has 2 heterocycles. The van der Waals surface area contributed by atoms with Crippen LogP contribution in [-0.4, -0.2) is 15.0 Å². The van der Waals surface area contributed by atoms with E-state index in [-0.39, 0.29) is 0 Å². The lowest BCUT2D eigenvalue weighted by Crippen LogP contribution is -2.01. The molecule has 2 aromatic heterocycles. The molecule has 9 aromatic rings. The normalized spacial score (nSPS) is 11.8. The summed E-state index contributed by atoms with van der Waals surface area (Å²) in [5.74, 6) is 1.98. The van der Waals surface area contributed by atoms with E-state index in [1.165, 1.54) is 58.8 Å². The second-order valence-corrected chi connectivity index (χ2v) is 13.1. The van der Waals surface area contributed by atoms with Crippen LogP contribution in [0.2, 0.25) is 0 Å². The van der Waals surface area contributed by atoms with Crippen LogP contribution in [0, 0.1) is 0 Å². The molecule has 7 aromatic carbocycles. The van der Waals surface area contributed by atoms with Crippen molar-refractivity contribution < 1.29 is 0 Å². The number of nitrogens with zero attached hydrogens (tertiary/aromatic N) is 3. The predicted octanol–water partition coefficient (Wildman–Crippen LogP) is 11.7. The van der Waals surface area contributed by atoms with Gasteiger partial charge in [0.05, 0.1) is 0 Å². The molecular weight excluding hydrogens is 591 g/mol. The van der Waals surface area contributed by atoms with E-state index < -0.39 is 0 Å². The fourth-order valence-electron chi connectivity index (χ4n) is 7.17. The van der Waals surface area contributed by atoms with Crippen molar-refractivity contribution in [2.45, 2.75) is 0 Å². The summed E-state index contributed by atoms with van der Waals surface area (Å²) in [6.45, 7) is 0. The third-order valence-corrected chi connectivity index (χ3v) is 10.4. The number of benzene rings is 7. The van der Waals surface area contributed by atoms with E-state index in [2.05, 4.69) is 115 Å². The van der Waals surface area contributed by atoms with E-state index in [1.54, 1.807) is 0 Å². The molecule has 0 saturated carbocycles. The van der Waals surface area contributed by atoms with Crippen LogP contribution in [0.25, 0.3) is 98.5 Å². The molecule has 0 N–H and O–H groups in total. The van der Waals surface area contributed by atoms with Crippen molar-refractivity contribution in [3.63, 3.8) is 0 Å². The first-order valence-corrected chi connectivity index (χ1v) is 16.6.